The Morgan fingerprint density at radius 1 is 1.50 bits per heavy atom. The maximum absolute atomic E-state index is 11.9. The van der Waals surface area contributed by atoms with Gasteiger partial charge in [-0.2, -0.15) is 0 Å². The molecular weight excluding hydrogens is 228 g/mol. The van der Waals surface area contributed by atoms with Crippen molar-refractivity contribution < 1.29 is 4.79 Å². The first-order valence-electron chi connectivity index (χ1n) is 6.20. The van der Waals surface area contributed by atoms with Gasteiger partial charge in [-0.05, 0) is 32.9 Å². The Balaban J connectivity index is 2.27. The molecule has 1 fully saturated rings. The fourth-order valence-corrected chi connectivity index (χ4v) is 2.18. The Hall–Kier alpha value is -1.62. The SMILES string of the molecule is C[C@@H](N)c1ccc(N2CCNC(=O)C2(C)C)cn1. The minimum Gasteiger partial charge on any atom is -0.354 e. The third-order valence-electron chi connectivity index (χ3n) is 3.40. The summed E-state index contributed by atoms with van der Waals surface area (Å²) in [4.78, 5) is 18.3. The average Bonchev–Trinajstić information content (AvgIpc) is 2.33. The summed E-state index contributed by atoms with van der Waals surface area (Å²) in [6.07, 6.45) is 1.79. The van der Waals surface area contributed by atoms with E-state index in [1.54, 1.807) is 6.20 Å². The van der Waals surface area contributed by atoms with Crippen LogP contribution in [0.1, 0.15) is 32.5 Å². The van der Waals surface area contributed by atoms with Crippen LogP contribution in [0.2, 0.25) is 0 Å². The molecule has 2 rings (SSSR count). The van der Waals surface area contributed by atoms with Crippen molar-refractivity contribution in [2.45, 2.75) is 32.4 Å². The van der Waals surface area contributed by atoms with Crippen LogP contribution in [0.4, 0.5) is 5.69 Å². The number of pyridine rings is 1. The summed E-state index contributed by atoms with van der Waals surface area (Å²) in [7, 11) is 0. The summed E-state index contributed by atoms with van der Waals surface area (Å²) in [6.45, 7) is 7.19. The van der Waals surface area contributed by atoms with Gasteiger partial charge in [0.15, 0.2) is 0 Å². The number of rotatable bonds is 2. The van der Waals surface area contributed by atoms with Gasteiger partial charge in [-0.3, -0.25) is 9.78 Å². The van der Waals surface area contributed by atoms with Gasteiger partial charge in [0.2, 0.25) is 5.91 Å². The lowest BCUT2D eigenvalue weighted by molar-refractivity contribution is -0.126. The first kappa shape index (κ1) is 12.8. The van der Waals surface area contributed by atoms with E-state index in [4.69, 9.17) is 5.73 Å². The monoisotopic (exact) mass is 248 g/mol. The van der Waals surface area contributed by atoms with Crippen LogP contribution < -0.4 is 16.0 Å². The molecule has 0 spiro atoms. The van der Waals surface area contributed by atoms with E-state index in [-0.39, 0.29) is 11.9 Å². The van der Waals surface area contributed by atoms with E-state index >= 15 is 0 Å². The van der Waals surface area contributed by atoms with E-state index in [9.17, 15) is 4.79 Å². The van der Waals surface area contributed by atoms with Crippen LogP contribution in [-0.2, 0) is 4.79 Å². The molecule has 1 aliphatic heterocycles. The van der Waals surface area contributed by atoms with E-state index < -0.39 is 5.54 Å². The number of aromatic nitrogens is 1. The van der Waals surface area contributed by atoms with Gasteiger partial charge in [0.05, 0.1) is 17.6 Å². The molecule has 0 radical (unpaired) electrons. The minimum atomic E-state index is -0.546. The fourth-order valence-electron chi connectivity index (χ4n) is 2.18. The van der Waals surface area contributed by atoms with Crippen LogP contribution in [0.5, 0.6) is 0 Å². The predicted molar refractivity (Wildman–Crippen MR) is 71.3 cm³/mol. The minimum absolute atomic E-state index is 0.0463. The largest absolute Gasteiger partial charge is 0.354 e. The van der Waals surface area contributed by atoms with Crippen molar-refractivity contribution in [1.29, 1.82) is 0 Å². The van der Waals surface area contributed by atoms with E-state index in [1.165, 1.54) is 0 Å². The molecule has 0 unspecified atom stereocenters. The highest BCUT2D eigenvalue weighted by Crippen LogP contribution is 2.25. The van der Waals surface area contributed by atoms with Crippen molar-refractivity contribution in [3.63, 3.8) is 0 Å². The molecule has 1 aromatic heterocycles. The van der Waals surface area contributed by atoms with Gasteiger partial charge in [0.25, 0.3) is 0 Å². The molecule has 1 atom stereocenters. The number of hydrogen-bond donors (Lipinski definition) is 2. The van der Waals surface area contributed by atoms with Crippen molar-refractivity contribution in [2.75, 3.05) is 18.0 Å². The third-order valence-corrected chi connectivity index (χ3v) is 3.40. The number of piperazine rings is 1. The number of carbonyl (C=O) groups is 1. The third kappa shape index (κ3) is 2.18. The molecule has 98 valence electrons. The molecule has 18 heavy (non-hydrogen) atoms. The summed E-state index contributed by atoms with van der Waals surface area (Å²) >= 11 is 0. The van der Waals surface area contributed by atoms with Crippen molar-refractivity contribution in [3.8, 4) is 0 Å². The number of amides is 1. The summed E-state index contributed by atoms with van der Waals surface area (Å²) in [5.74, 6) is 0.0463. The van der Waals surface area contributed by atoms with Crippen LogP contribution in [0.3, 0.4) is 0 Å². The second-order valence-corrected chi connectivity index (χ2v) is 5.20. The zero-order valence-electron chi connectivity index (χ0n) is 11.1. The average molecular weight is 248 g/mol. The highest BCUT2D eigenvalue weighted by Gasteiger charge is 2.37. The van der Waals surface area contributed by atoms with Crippen LogP contribution in [0.15, 0.2) is 18.3 Å². The van der Waals surface area contributed by atoms with Crippen LogP contribution >= 0.6 is 0 Å². The van der Waals surface area contributed by atoms with Gasteiger partial charge in [-0.25, -0.2) is 0 Å². The fraction of sp³-hybridized carbons (Fsp3) is 0.538. The lowest BCUT2D eigenvalue weighted by atomic mass is 9.98. The van der Waals surface area contributed by atoms with Crippen LogP contribution in [0.25, 0.3) is 0 Å². The molecule has 5 heteroatoms. The Morgan fingerprint density at radius 3 is 2.78 bits per heavy atom. The topological polar surface area (TPSA) is 71.2 Å². The van der Waals surface area contributed by atoms with Gasteiger partial charge < -0.3 is 16.0 Å². The van der Waals surface area contributed by atoms with Crippen molar-refractivity contribution in [3.05, 3.63) is 24.0 Å². The molecule has 0 aliphatic carbocycles. The zero-order valence-corrected chi connectivity index (χ0v) is 11.1. The number of nitrogens with two attached hydrogens (primary N) is 1. The second kappa shape index (κ2) is 4.57. The maximum atomic E-state index is 11.9. The molecule has 1 saturated heterocycles. The van der Waals surface area contributed by atoms with Gasteiger partial charge in [0, 0.05) is 19.1 Å². The lowest BCUT2D eigenvalue weighted by Crippen LogP contribution is -2.62. The van der Waals surface area contributed by atoms with Crippen LogP contribution in [0, 0.1) is 0 Å². The second-order valence-electron chi connectivity index (χ2n) is 5.20. The van der Waals surface area contributed by atoms with E-state index in [1.807, 2.05) is 32.9 Å². The van der Waals surface area contributed by atoms with Gasteiger partial charge in [-0.15, -0.1) is 0 Å². The van der Waals surface area contributed by atoms with E-state index in [0.717, 1.165) is 17.9 Å². The quantitative estimate of drug-likeness (QED) is 0.812. The summed E-state index contributed by atoms with van der Waals surface area (Å²) in [5.41, 5.74) is 7.05. The standard InChI is InChI=1S/C13H20N4O/c1-9(14)11-5-4-10(8-16-11)17-7-6-15-12(18)13(17,2)3/h4-5,8-9H,6-7,14H2,1-3H3,(H,15,18)/t9-/m1/s1. The van der Waals surface area contributed by atoms with E-state index in [0.29, 0.717) is 6.54 Å². The molecule has 5 nitrogen and oxygen atoms in total. The number of hydrogen-bond acceptors (Lipinski definition) is 4. The molecule has 0 saturated carbocycles. The molecule has 0 aromatic carbocycles. The van der Waals surface area contributed by atoms with Crippen LogP contribution in [-0.4, -0.2) is 29.5 Å². The Labute approximate surface area is 107 Å². The molecule has 1 amide bonds. The Kier molecular flexibility index (Phi) is 3.26. The highest BCUT2D eigenvalue weighted by atomic mass is 16.2. The molecule has 1 aromatic rings. The van der Waals surface area contributed by atoms with Gasteiger partial charge in [0.1, 0.15) is 5.54 Å². The Bertz CT molecular complexity index is 439. The number of nitrogens with zero attached hydrogens (tertiary/aromatic N) is 2. The molecular formula is C13H20N4O. The molecule has 0 bridgehead atoms. The highest BCUT2D eigenvalue weighted by molar-refractivity contribution is 5.90. The van der Waals surface area contributed by atoms with Crippen molar-refractivity contribution >= 4 is 11.6 Å². The van der Waals surface area contributed by atoms with Gasteiger partial charge >= 0.3 is 0 Å². The predicted octanol–water partition coefficient (Wildman–Crippen LogP) is 0.816. The summed E-state index contributed by atoms with van der Waals surface area (Å²) < 4.78 is 0. The number of nitrogens with one attached hydrogen (secondary N) is 1. The first-order chi connectivity index (χ1) is 8.43. The molecule has 1 aliphatic rings. The summed E-state index contributed by atoms with van der Waals surface area (Å²) in [5, 5.41) is 2.88. The van der Waals surface area contributed by atoms with E-state index in [2.05, 4.69) is 15.2 Å². The zero-order chi connectivity index (χ0) is 13.3. The molecule has 3 N–H and O–H groups in total. The Morgan fingerprint density at radius 2 is 2.22 bits per heavy atom. The lowest BCUT2D eigenvalue weighted by Gasteiger charge is -2.42. The smallest absolute Gasteiger partial charge is 0.245 e. The number of anilines is 1. The summed E-state index contributed by atoms with van der Waals surface area (Å²) in [6, 6.07) is 3.82. The normalized spacial score (nSPS) is 20.4. The number of carbonyl (C=O) groups excluding carboxylic acids is 1. The van der Waals surface area contributed by atoms with Crippen molar-refractivity contribution in [1.82, 2.24) is 10.3 Å². The first-order valence-corrected chi connectivity index (χ1v) is 6.20. The van der Waals surface area contributed by atoms with Gasteiger partial charge in [-0.1, -0.05) is 0 Å². The maximum Gasteiger partial charge on any atom is 0.245 e. The molecule has 2 heterocycles. The van der Waals surface area contributed by atoms with Crippen molar-refractivity contribution in [2.24, 2.45) is 5.73 Å².